The molecule has 0 heterocycles. The van der Waals surface area contributed by atoms with Crippen molar-refractivity contribution in [3.63, 3.8) is 0 Å². The van der Waals surface area contributed by atoms with Crippen LogP contribution in [-0.2, 0) is 11.2 Å². The van der Waals surface area contributed by atoms with Crippen LogP contribution in [0.5, 0.6) is 5.75 Å². The van der Waals surface area contributed by atoms with E-state index in [1.54, 1.807) is 7.11 Å². The van der Waals surface area contributed by atoms with Crippen molar-refractivity contribution in [1.29, 1.82) is 0 Å². The SMILES string of the molecule is CCc1ccc(OCCCOC)c(N)c1. The summed E-state index contributed by atoms with van der Waals surface area (Å²) in [5.74, 6) is 0.767. The summed E-state index contributed by atoms with van der Waals surface area (Å²) in [7, 11) is 1.68. The zero-order valence-corrected chi connectivity index (χ0v) is 9.45. The minimum absolute atomic E-state index is 0.642. The first-order chi connectivity index (χ1) is 7.27. The second kappa shape index (κ2) is 6.30. The molecule has 0 atom stereocenters. The van der Waals surface area contributed by atoms with Gasteiger partial charge in [0, 0.05) is 20.1 Å². The third kappa shape index (κ3) is 3.80. The van der Waals surface area contributed by atoms with Gasteiger partial charge in [-0.15, -0.1) is 0 Å². The molecule has 3 heteroatoms. The average Bonchev–Trinajstić information content (AvgIpc) is 2.26. The van der Waals surface area contributed by atoms with E-state index >= 15 is 0 Å². The van der Waals surface area contributed by atoms with Gasteiger partial charge in [0.15, 0.2) is 0 Å². The van der Waals surface area contributed by atoms with Crippen molar-refractivity contribution >= 4 is 5.69 Å². The predicted octanol–water partition coefficient (Wildman–Crippen LogP) is 2.25. The summed E-state index contributed by atoms with van der Waals surface area (Å²) in [6.45, 7) is 3.46. The highest BCUT2D eigenvalue weighted by atomic mass is 16.5. The Morgan fingerprint density at radius 2 is 2.07 bits per heavy atom. The Balaban J connectivity index is 2.47. The van der Waals surface area contributed by atoms with Crippen molar-refractivity contribution in [2.24, 2.45) is 0 Å². The molecule has 0 aliphatic rings. The van der Waals surface area contributed by atoms with E-state index in [-0.39, 0.29) is 0 Å². The van der Waals surface area contributed by atoms with Crippen molar-refractivity contribution in [2.45, 2.75) is 19.8 Å². The van der Waals surface area contributed by atoms with Crippen LogP contribution in [-0.4, -0.2) is 20.3 Å². The van der Waals surface area contributed by atoms with Crippen LogP contribution in [0.1, 0.15) is 18.9 Å². The maximum absolute atomic E-state index is 5.86. The Morgan fingerprint density at radius 3 is 2.67 bits per heavy atom. The Bertz CT molecular complexity index is 300. The molecule has 1 aromatic rings. The minimum atomic E-state index is 0.642. The van der Waals surface area contributed by atoms with Gasteiger partial charge >= 0.3 is 0 Å². The van der Waals surface area contributed by atoms with Gasteiger partial charge in [0.05, 0.1) is 12.3 Å². The first-order valence-corrected chi connectivity index (χ1v) is 5.28. The number of anilines is 1. The largest absolute Gasteiger partial charge is 0.491 e. The molecule has 0 unspecified atom stereocenters. The maximum Gasteiger partial charge on any atom is 0.142 e. The molecule has 0 radical (unpaired) electrons. The van der Waals surface area contributed by atoms with Crippen LogP contribution in [0.15, 0.2) is 18.2 Å². The van der Waals surface area contributed by atoms with Crippen LogP contribution in [0.2, 0.25) is 0 Å². The molecular formula is C12H19NO2. The van der Waals surface area contributed by atoms with Crippen LogP contribution < -0.4 is 10.5 Å². The molecule has 0 saturated heterocycles. The lowest BCUT2D eigenvalue weighted by molar-refractivity contribution is 0.172. The molecule has 1 aromatic carbocycles. The standard InChI is InChI=1S/C12H19NO2/c1-3-10-5-6-12(11(13)9-10)15-8-4-7-14-2/h5-6,9H,3-4,7-8,13H2,1-2H3. The molecule has 0 spiro atoms. The first kappa shape index (κ1) is 11.9. The van der Waals surface area contributed by atoms with Gasteiger partial charge in [0.1, 0.15) is 5.75 Å². The monoisotopic (exact) mass is 209 g/mol. The number of ether oxygens (including phenoxy) is 2. The van der Waals surface area contributed by atoms with Gasteiger partial charge in [-0.3, -0.25) is 0 Å². The van der Waals surface area contributed by atoms with Gasteiger partial charge in [-0.2, -0.15) is 0 Å². The van der Waals surface area contributed by atoms with Crippen molar-refractivity contribution < 1.29 is 9.47 Å². The van der Waals surface area contributed by atoms with Gasteiger partial charge in [-0.1, -0.05) is 13.0 Å². The van der Waals surface area contributed by atoms with Crippen LogP contribution in [0.4, 0.5) is 5.69 Å². The lowest BCUT2D eigenvalue weighted by atomic mass is 10.1. The zero-order valence-electron chi connectivity index (χ0n) is 9.45. The second-order valence-corrected chi connectivity index (χ2v) is 3.42. The van der Waals surface area contributed by atoms with Crippen LogP contribution in [0.3, 0.4) is 0 Å². The van der Waals surface area contributed by atoms with Gasteiger partial charge < -0.3 is 15.2 Å². The summed E-state index contributed by atoms with van der Waals surface area (Å²) in [5.41, 5.74) is 7.80. The van der Waals surface area contributed by atoms with Crippen molar-refractivity contribution in [2.75, 3.05) is 26.1 Å². The number of methoxy groups -OCH3 is 1. The molecule has 0 aliphatic heterocycles. The minimum Gasteiger partial charge on any atom is -0.491 e. The molecule has 84 valence electrons. The fourth-order valence-corrected chi connectivity index (χ4v) is 1.33. The highest BCUT2D eigenvalue weighted by molar-refractivity contribution is 5.54. The number of hydrogen-bond acceptors (Lipinski definition) is 3. The molecule has 2 N–H and O–H groups in total. The molecule has 0 bridgehead atoms. The van der Waals surface area contributed by atoms with E-state index < -0.39 is 0 Å². The number of nitrogens with two attached hydrogens (primary N) is 1. The fourth-order valence-electron chi connectivity index (χ4n) is 1.33. The third-order valence-corrected chi connectivity index (χ3v) is 2.23. The number of aryl methyl sites for hydroxylation is 1. The van der Waals surface area contributed by atoms with Crippen LogP contribution in [0, 0.1) is 0 Å². The molecule has 15 heavy (non-hydrogen) atoms. The summed E-state index contributed by atoms with van der Waals surface area (Å²) in [4.78, 5) is 0. The van der Waals surface area contributed by atoms with E-state index in [0.29, 0.717) is 18.9 Å². The molecule has 0 amide bonds. The van der Waals surface area contributed by atoms with Crippen LogP contribution >= 0.6 is 0 Å². The quantitative estimate of drug-likeness (QED) is 0.577. The van der Waals surface area contributed by atoms with E-state index in [1.165, 1.54) is 5.56 Å². The van der Waals surface area contributed by atoms with Crippen LogP contribution in [0.25, 0.3) is 0 Å². The Labute approximate surface area is 91.2 Å². The van der Waals surface area contributed by atoms with E-state index in [1.807, 2.05) is 18.2 Å². The molecule has 0 saturated carbocycles. The van der Waals surface area contributed by atoms with Crippen molar-refractivity contribution in [1.82, 2.24) is 0 Å². The Hall–Kier alpha value is -1.22. The maximum atomic E-state index is 5.86. The Kier molecular flexibility index (Phi) is 4.98. The lowest BCUT2D eigenvalue weighted by Gasteiger charge is -2.09. The van der Waals surface area contributed by atoms with Crippen molar-refractivity contribution in [3.8, 4) is 5.75 Å². The van der Waals surface area contributed by atoms with Crippen molar-refractivity contribution in [3.05, 3.63) is 23.8 Å². The van der Waals surface area contributed by atoms with E-state index in [4.69, 9.17) is 15.2 Å². The predicted molar refractivity (Wildman–Crippen MR) is 62.2 cm³/mol. The molecular weight excluding hydrogens is 190 g/mol. The first-order valence-electron chi connectivity index (χ1n) is 5.28. The average molecular weight is 209 g/mol. The topological polar surface area (TPSA) is 44.5 Å². The smallest absolute Gasteiger partial charge is 0.142 e. The second-order valence-electron chi connectivity index (χ2n) is 3.42. The fraction of sp³-hybridized carbons (Fsp3) is 0.500. The van der Waals surface area contributed by atoms with E-state index in [0.717, 1.165) is 18.6 Å². The lowest BCUT2D eigenvalue weighted by Crippen LogP contribution is -2.03. The summed E-state index contributed by atoms with van der Waals surface area (Å²) in [6, 6.07) is 5.94. The molecule has 0 aliphatic carbocycles. The highest BCUT2D eigenvalue weighted by Crippen LogP contribution is 2.22. The number of hydrogen-bond donors (Lipinski definition) is 1. The molecule has 1 rings (SSSR count). The van der Waals surface area contributed by atoms with E-state index in [2.05, 4.69) is 6.92 Å². The van der Waals surface area contributed by atoms with Gasteiger partial charge in [0.2, 0.25) is 0 Å². The normalized spacial score (nSPS) is 10.3. The zero-order chi connectivity index (χ0) is 11.1. The Morgan fingerprint density at radius 1 is 1.27 bits per heavy atom. The van der Waals surface area contributed by atoms with Gasteiger partial charge in [0.25, 0.3) is 0 Å². The number of nitrogen functional groups attached to an aromatic ring is 1. The molecule has 0 fully saturated rings. The molecule has 0 aromatic heterocycles. The molecule has 3 nitrogen and oxygen atoms in total. The number of benzene rings is 1. The van der Waals surface area contributed by atoms with Gasteiger partial charge in [-0.05, 0) is 24.1 Å². The highest BCUT2D eigenvalue weighted by Gasteiger charge is 2.00. The van der Waals surface area contributed by atoms with Gasteiger partial charge in [-0.25, -0.2) is 0 Å². The summed E-state index contributed by atoms with van der Waals surface area (Å²) in [5, 5.41) is 0. The third-order valence-electron chi connectivity index (χ3n) is 2.23. The number of rotatable bonds is 6. The van der Waals surface area contributed by atoms with E-state index in [9.17, 15) is 0 Å². The summed E-state index contributed by atoms with van der Waals surface area (Å²) < 4.78 is 10.5. The summed E-state index contributed by atoms with van der Waals surface area (Å²) in [6.07, 6.45) is 1.87. The summed E-state index contributed by atoms with van der Waals surface area (Å²) >= 11 is 0.